The Balaban J connectivity index is 2.36. The predicted molar refractivity (Wildman–Crippen MR) is 92.8 cm³/mol. The molecule has 2 unspecified atom stereocenters. The lowest BCUT2D eigenvalue weighted by Crippen LogP contribution is -2.37. The number of rotatable bonds is 3. The minimum absolute atomic E-state index is 0.324. The van der Waals surface area contributed by atoms with Gasteiger partial charge in [0.05, 0.1) is 18.4 Å². The van der Waals surface area contributed by atoms with Crippen LogP contribution in [0.5, 0.6) is 0 Å². The number of methoxy groups -OCH3 is 1. The van der Waals surface area contributed by atoms with Gasteiger partial charge in [-0.1, -0.05) is 36.2 Å². The number of esters is 1. The Hall–Kier alpha value is -0.550. The Labute approximate surface area is 143 Å². The molecule has 2 rings (SSSR count). The quantitative estimate of drug-likeness (QED) is 0.682. The number of carbonyl (C=O) groups excluding carboxylic acids is 1. The van der Waals surface area contributed by atoms with Crippen molar-refractivity contribution >= 4 is 43.5 Å². The molecule has 3 nitrogen and oxygen atoms in total. The van der Waals surface area contributed by atoms with E-state index < -0.39 is 0 Å². The third-order valence-electron chi connectivity index (χ3n) is 4.32. The Morgan fingerprint density at radius 3 is 2.43 bits per heavy atom. The highest BCUT2D eigenvalue weighted by atomic mass is 79.9. The van der Waals surface area contributed by atoms with Gasteiger partial charge in [0.15, 0.2) is 0 Å². The van der Waals surface area contributed by atoms with Gasteiger partial charge < -0.3 is 10.1 Å². The molecule has 1 aliphatic rings. The van der Waals surface area contributed by atoms with E-state index >= 15 is 0 Å². The first-order chi connectivity index (χ1) is 9.93. The molecule has 0 aromatic heterocycles. The molecule has 21 heavy (non-hydrogen) atoms. The van der Waals surface area contributed by atoms with Crippen LogP contribution in [-0.2, 0) is 4.74 Å². The molecular weight excluding hydrogens is 398 g/mol. The molecule has 0 spiro atoms. The second-order valence-corrected chi connectivity index (χ2v) is 7.63. The Bertz CT molecular complexity index is 523. The second-order valence-electron chi connectivity index (χ2n) is 5.86. The zero-order valence-electron chi connectivity index (χ0n) is 12.6. The average Bonchev–Trinajstić information content (AvgIpc) is 2.43. The molecular formula is C16H21Br2NO2. The van der Waals surface area contributed by atoms with Crippen LogP contribution in [0, 0.1) is 11.8 Å². The highest BCUT2D eigenvalue weighted by Crippen LogP contribution is 2.36. The number of hydrogen-bond donors (Lipinski definition) is 1. The first-order valence-electron chi connectivity index (χ1n) is 7.28. The van der Waals surface area contributed by atoms with E-state index in [1.54, 1.807) is 6.07 Å². The third kappa shape index (κ3) is 3.81. The van der Waals surface area contributed by atoms with Crippen molar-refractivity contribution in [2.45, 2.75) is 39.2 Å². The van der Waals surface area contributed by atoms with E-state index in [-0.39, 0.29) is 5.97 Å². The normalized spacial score (nSPS) is 25.5. The molecule has 1 N–H and O–H groups in total. The van der Waals surface area contributed by atoms with Crippen molar-refractivity contribution in [2.75, 3.05) is 12.4 Å². The molecule has 116 valence electrons. The van der Waals surface area contributed by atoms with E-state index in [9.17, 15) is 4.79 Å². The summed E-state index contributed by atoms with van der Waals surface area (Å²) in [6.07, 6.45) is 3.74. The van der Waals surface area contributed by atoms with Gasteiger partial charge in [-0.05, 0) is 52.7 Å². The van der Waals surface area contributed by atoms with Crippen molar-refractivity contribution in [3.05, 3.63) is 26.6 Å². The summed E-state index contributed by atoms with van der Waals surface area (Å²) in [5.41, 5.74) is 1.39. The summed E-state index contributed by atoms with van der Waals surface area (Å²) in [4.78, 5) is 12.0. The van der Waals surface area contributed by atoms with Crippen LogP contribution >= 0.6 is 31.9 Å². The lowest BCUT2D eigenvalue weighted by molar-refractivity contribution is 0.0601. The van der Waals surface area contributed by atoms with Crippen LogP contribution in [0.1, 0.15) is 43.5 Å². The molecule has 0 radical (unpaired) electrons. The Morgan fingerprint density at radius 2 is 1.86 bits per heavy atom. The summed E-state index contributed by atoms with van der Waals surface area (Å²) in [5.74, 6) is 0.861. The summed E-state index contributed by atoms with van der Waals surface area (Å²) < 4.78 is 6.64. The van der Waals surface area contributed by atoms with Crippen LogP contribution in [0.25, 0.3) is 0 Å². The van der Waals surface area contributed by atoms with Gasteiger partial charge in [0.1, 0.15) is 0 Å². The number of hydrogen-bond acceptors (Lipinski definition) is 3. The minimum atomic E-state index is -0.324. The maximum absolute atomic E-state index is 12.0. The summed E-state index contributed by atoms with van der Waals surface area (Å²) in [6, 6.07) is 4.13. The lowest BCUT2D eigenvalue weighted by atomic mass is 9.78. The molecule has 2 atom stereocenters. The summed E-state index contributed by atoms with van der Waals surface area (Å²) in [5, 5.41) is 3.59. The molecule has 1 aliphatic carbocycles. The van der Waals surface area contributed by atoms with Crippen LogP contribution < -0.4 is 5.32 Å². The van der Waals surface area contributed by atoms with Crippen LogP contribution in [-0.4, -0.2) is 19.1 Å². The first-order valence-corrected chi connectivity index (χ1v) is 8.86. The topological polar surface area (TPSA) is 38.3 Å². The number of anilines is 1. The lowest BCUT2D eigenvalue weighted by Gasteiger charge is -2.36. The molecule has 1 saturated carbocycles. The van der Waals surface area contributed by atoms with Gasteiger partial charge in [-0.15, -0.1) is 0 Å². The van der Waals surface area contributed by atoms with E-state index in [0.29, 0.717) is 23.4 Å². The maximum atomic E-state index is 12.0. The summed E-state index contributed by atoms with van der Waals surface area (Å²) in [6.45, 7) is 4.55. The van der Waals surface area contributed by atoms with Gasteiger partial charge in [0, 0.05) is 15.0 Å². The SMILES string of the molecule is COC(=O)c1cc(Br)cc(Br)c1NC1C(C)CCCC1C. The summed E-state index contributed by atoms with van der Waals surface area (Å²) in [7, 11) is 1.41. The number of benzene rings is 1. The van der Waals surface area contributed by atoms with Crippen LogP contribution in [0.2, 0.25) is 0 Å². The van der Waals surface area contributed by atoms with Crippen molar-refractivity contribution in [2.24, 2.45) is 11.8 Å². The predicted octanol–water partition coefficient (Wildman–Crippen LogP) is 5.23. The third-order valence-corrected chi connectivity index (χ3v) is 5.40. The molecule has 0 saturated heterocycles. The second kappa shape index (κ2) is 7.14. The molecule has 0 bridgehead atoms. The zero-order valence-corrected chi connectivity index (χ0v) is 15.8. The maximum Gasteiger partial charge on any atom is 0.340 e. The van der Waals surface area contributed by atoms with Crippen molar-refractivity contribution in [3.8, 4) is 0 Å². The van der Waals surface area contributed by atoms with Crippen molar-refractivity contribution in [3.63, 3.8) is 0 Å². The van der Waals surface area contributed by atoms with E-state index in [2.05, 4.69) is 51.0 Å². The first kappa shape index (κ1) is 16.8. The minimum Gasteiger partial charge on any atom is -0.465 e. The van der Waals surface area contributed by atoms with E-state index in [0.717, 1.165) is 14.6 Å². The molecule has 0 aliphatic heterocycles. The van der Waals surface area contributed by atoms with Gasteiger partial charge in [0.2, 0.25) is 0 Å². The molecule has 1 fully saturated rings. The van der Waals surface area contributed by atoms with Gasteiger partial charge in [0.25, 0.3) is 0 Å². The Morgan fingerprint density at radius 1 is 1.24 bits per heavy atom. The fourth-order valence-electron chi connectivity index (χ4n) is 3.12. The highest BCUT2D eigenvalue weighted by molar-refractivity contribution is 9.11. The number of carbonyl (C=O) groups is 1. The number of ether oxygens (including phenoxy) is 1. The molecule has 0 heterocycles. The zero-order chi connectivity index (χ0) is 15.6. The van der Waals surface area contributed by atoms with E-state index in [1.165, 1.54) is 26.4 Å². The van der Waals surface area contributed by atoms with E-state index in [1.807, 2.05) is 6.07 Å². The van der Waals surface area contributed by atoms with Crippen LogP contribution in [0.15, 0.2) is 21.1 Å². The summed E-state index contributed by atoms with van der Waals surface area (Å²) >= 11 is 6.99. The molecule has 1 aromatic carbocycles. The van der Waals surface area contributed by atoms with E-state index in [4.69, 9.17) is 4.74 Å². The highest BCUT2D eigenvalue weighted by Gasteiger charge is 2.29. The fraction of sp³-hybridized carbons (Fsp3) is 0.562. The van der Waals surface area contributed by atoms with Crippen LogP contribution in [0.4, 0.5) is 5.69 Å². The van der Waals surface area contributed by atoms with Gasteiger partial charge >= 0.3 is 5.97 Å². The van der Waals surface area contributed by atoms with Gasteiger partial charge in [-0.25, -0.2) is 4.79 Å². The number of halogens is 2. The fourth-order valence-corrected chi connectivity index (χ4v) is 4.46. The molecule has 1 aromatic rings. The van der Waals surface area contributed by atoms with Crippen LogP contribution in [0.3, 0.4) is 0 Å². The largest absolute Gasteiger partial charge is 0.465 e. The van der Waals surface area contributed by atoms with Crippen molar-refractivity contribution in [1.82, 2.24) is 0 Å². The Kier molecular flexibility index (Phi) is 5.72. The molecule has 5 heteroatoms. The van der Waals surface area contributed by atoms with Crippen molar-refractivity contribution < 1.29 is 9.53 Å². The van der Waals surface area contributed by atoms with Gasteiger partial charge in [-0.3, -0.25) is 0 Å². The monoisotopic (exact) mass is 417 g/mol. The standard InChI is InChI=1S/C16H21Br2NO2/c1-9-5-4-6-10(2)14(9)19-15-12(16(20)21-3)7-11(17)8-13(15)18/h7-10,14,19H,4-6H2,1-3H3. The van der Waals surface area contributed by atoms with Crippen molar-refractivity contribution in [1.29, 1.82) is 0 Å². The average molecular weight is 419 g/mol. The number of nitrogens with one attached hydrogen (secondary N) is 1. The molecule has 0 amide bonds. The van der Waals surface area contributed by atoms with Gasteiger partial charge in [-0.2, -0.15) is 0 Å². The smallest absolute Gasteiger partial charge is 0.340 e.